The number of fused-ring (bicyclic) bond motifs is 3. The summed E-state index contributed by atoms with van der Waals surface area (Å²) >= 11 is 0. The first-order chi connectivity index (χ1) is 16.3. The number of anilines is 1. The van der Waals surface area contributed by atoms with Gasteiger partial charge >= 0.3 is 21.7 Å². The summed E-state index contributed by atoms with van der Waals surface area (Å²) in [6, 6.07) is 2.27. The second-order valence-corrected chi connectivity index (χ2v) is 11.7. The van der Waals surface area contributed by atoms with Gasteiger partial charge in [0, 0.05) is 31.0 Å². The van der Waals surface area contributed by atoms with Gasteiger partial charge in [-0.3, -0.25) is 0 Å². The minimum absolute atomic E-state index is 0.112. The first-order valence-electron chi connectivity index (χ1n) is 11.3. The normalized spacial score (nSPS) is 27.8. The van der Waals surface area contributed by atoms with E-state index in [0.29, 0.717) is 21.6 Å². The van der Waals surface area contributed by atoms with Gasteiger partial charge in [-0.2, -0.15) is 30.6 Å². The van der Waals surface area contributed by atoms with Gasteiger partial charge in [0.05, 0.1) is 24.1 Å². The van der Waals surface area contributed by atoms with E-state index in [0.717, 1.165) is 44.2 Å². The molecule has 0 spiro atoms. The van der Waals surface area contributed by atoms with Crippen LogP contribution in [0.25, 0.3) is 0 Å². The first-order valence-corrected chi connectivity index (χ1v) is 12.7. The van der Waals surface area contributed by atoms with Crippen molar-refractivity contribution in [2.75, 3.05) is 11.4 Å². The first kappa shape index (κ1) is 24.4. The minimum atomic E-state index is -5.78. The molecule has 6 nitrogen and oxygen atoms in total. The van der Waals surface area contributed by atoms with Gasteiger partial charge in [0.1, 0.15) is 0 Å². The van der Waals surface area contributed by atoms with Gasteiger partial charge in [0.2, 0.25) is 0 Å². The van der Waals surface area contributed by atoms with E-state index in [9.17, 15) is 34.8 Å². The number of alkyl halides is 6. The molecule has 0 amide bonds. The Hall–Kier alpha value is -2.28. The zero-order valence-corrected chi connectivity index (χ0v) is 19.3. The third-order valence-electron chi connectivity index (χ3n) is 7.85. The van der Waals surface area contributed by atoms with Crippen molar-refractivity contribution in [1.29, 1.82) is 0 Å². The highest BCUT2D eigenvalue weighted by atomic mass is 32.2. The summed E-state index contributed by atoms with van der Waals surface area (Å²) in [6.07, 6.45) is 2.28. The molecule has 2 aliphatic carbocycles. The number of halogens is 6. The van der Waals surface area contributed by atoms with Crippen molar-refractivity contribution >= 4 is 15.7 Å². The lowest BCUT2D eigenvalue weighted by Gasteiger charge is -2.45. The molecular formula is C22H24F6N4O2S. The summed E-state index contributed by atoms with van der Waals surface area (Å²) < 4.78 is 107. The smallest absolute Gasteiger partial charge is 0.361 e. The van der Waals surface area contributed by atoms with Crippen LogP contribution in [0.4, 0.5) is 32.0 Å². The number of aromatic nitrogens is 2. The molecule has 0 radical (unpaired) electrons. The SMILES string of the molecule is O=S(=O)(N1Cc2cc(C(F)(F)F)ccc2N(Cc2cnc[nH]2)C(C23CCC(CC2)C3)C1)C(F)(F)F. The molecule has 2 aromatic rings. The minimum Gasteiger partial charge on any atom is -0.361 e. The number of benzene rings is 1. The molecule has 35 heavy (non-hydrogen) atoms. The van der Waals surface area contributed by atoms with Crippen LogP contribution in [0.2, 0.25) is 0 Å². The van der Waals surface area contributed by atoms with Crippen LogP contribution in [0.3, 0.4) is 0 Å². The number of hydrogen-bond donors (Lipinski definition) is 1. The summed E-state index contributed by atoms with van der Waals surface area (Å²) in [5.41, 5.74) is -6.21. The van der Waals surface area contributed by atoms with Crippen molar-refractivity contribution in [3.63, 3.8) is 0 Å². The Balaban J connectivity index is 1.68. The zero-order chi connectivity index (χ0) is 25.2. The van der Waals surface area contributed by atoms with Crippen molar-refractivity contribution in [1.82, 2.24) is 14.3 Å². The second kappa shape index (κ2) is 8.12. The van der Waals surface area contributed by atoms with Crippen molar-refractivity contribution in [2.45, 2.75) is 62.9 Å². The van der Waals surface area contributed by atoms with Crippen molar-refractivity contribution < 1.29 is 34.8 Å². The van der Waals surface area contributed by atoms with E-state index in [-0.39, 0.29) is 12.1 Å². The maximum absolute atomic E-state index is 13.7. The molecule has 1 unspecified atom stereocenters. The zero-order valence-electron chi connectivity index (χ0n) is 18.5. The lowest BCUT2D eigenvalue weighted by Crippen LogP contribution is -2.53. The molecule has 1 aromatic carbocycles. The van der Waals surface area contributed by atoms with Crippen molar-refractivity contribution in [3.05, 3.63) is 47.5 Å². The van der Waals surface area contributed by atoms with Crippen LogP contribution in [-0.2, 0) is 29.3 Å². The van der Waals surface area contributed by atoms with Crippen LogP contribution >= 0.6 is 0 Å². The van der Waals surface area contributed by atoms with Gasteiger partial charge in [0.25, 0.3) is 0 Å². The van der Waals surface area contributed by atoms with Crippen molar-refractivity contribution in [3.8, 4) is 0 Å². The Kier molecular flexibility index (Phi) is 5.66. The lowest BCUT2D eigenvalue weighted by atomic mass is 9.76. The molecule has 2 heterocycles. The van der Waals surface area contributed by atoms with Crippen LogP contribution in [0, 0.1) is 11.3 Å². The number of hydrogen-bond acceptors (Lipinski definition) is 4. The largest absolute Gasteiger partial charge is 0.511 e. The molecule has 1 atom stereocenters. The quantitative estimate of drug-likeness (QED) is 0.571. The van der Waals surface area contributed by atoms with E-state index in [1.807, 2.05) is 0 Å². The fraction of sp³-hybridized carbons (Fsp3) is 0.591. The molecule has 3 aliphatic rings. The van der Waals surface area contributed by atoms with E-state index in [2.05, 4.69) is 9.97 Å². The maximum atomic E-state index is 13.7. The van der Waals surface area contributed by atoms with Crippen LogP contribution in [-0.4, -0.2) is 40.8 Å². The van der Waals surface area contributed by atoms with Gasteiger partial charge < -0.3 is 9.88 Å². The van der Waals surface area contributed by atoms with Crippen molar-refractivity contribution in [2.24, 2.45) is 11.3 Å². The van der Waals surface area contributed by atoms with E-state index in [1.165, 1.54) is 12.4 Å². The Morgan fingerprint density at radius 3 is 2.37 bits per heavy atom. The predicted octanol–water partition coefficient (Wildman–Crippen LogP) is 5.05. The van der Waals surface area contributed by atoms with Gasteiger partial charge in [-0.25, -0.2) is 13.4 Å². The highest BCUT2D eigenvalue weighted by molar-refractivity contribution is 7.89. The molecular weight excluding hydrogens is 498 g/mol. The monoisotopic (exact) mass is 522 g/mol. The number of nitrogens with one attached hydrogen (secondary N) is 1. The van der Waals surface area contributed by atoms with E-state index in [4.69, 9.17) is 0 Å². The van der Waals surface area contributed by atoms with Gasteiger partial charge in [0.15, 0.2) is 0 Å². The third kappa shape index (κ3) is 4.20. The molecule has 5 rings (SSSR count). The number of H-pyrrole nitrogens is 1. The Bertz CT molecular complexity index is 1190. The number of sulfonamides is 1. The Labute approximate surface area is 198 Å². The van der Waals surface area contributed by atoms with Crippen LogP contribution in [0.1, 0.15) is 48.9 Å². The number of rotatable bonds is 4. The maximum Gasteiger partial charge on any atom is 0.511 e. The van der Waals surface area contributed by atoms with Gasteiger partial charge in [-0.15, -0.1) is 0 Å². The number of nitrogens with zero attached hydrogens (tertiary/aromatic N) is 3. The average Bonchev–Trinajstić information content (AvgIpc) is 3.50. The summed E-state index contributed by atoms with van der Waals surface area (Å²) in [6.45, 7) is -1.11. The van der Waals surface area contributed by atoms with E-state index >= 15 is 0 Å². The molecule has 13 heteroatoms. The summed E-state index contributed by atoms with van der Waals surface area (Å²) in [5, 5.41) is 0. The lowest BCUT2D eigenvalue weighted by molar-refractivity contribution is -0.137. The molecule has 1 N–H and O–H groups in total. The molecule has 1 aromatic heterocycles. The fourth-order valence-electron chi connectivity index (χ4n) is 6.19. The summed E-state index contributed by atoms with van der Waals surface area (Å²) in [5.74, 6) is 0.423. The van der Waals surface area contributed by atoms with Crippen LogP contribution < -0.4 is 4.90 Å². The van der Waals surface area contributed by atoms with Crippen LogP contribution in [0.5, 0.6) is 0 Å². The Morgan fingerprint density at radius 1 is 1.11 bits per heavy atom. The number of imidazole rings is 1. The van der Waals surface area contributed by atoms with Crippen LogP contribution in [0.15, 0.2) is 30.7 Å². The van der Waals surface area contributed by atoms with Gasteiger partial charge in [-0.1, -0.05) is 0 Å². The highest BCUT2D eigenvalue weighted by Gasteiger charge is 2.56. The van der Waals surface area contributed by atoms with E-state index in [1.54, 1.807) is 11.1 Å². The second-order valence-electron chi connectivity index (χ2n) is 9.81. The molecule has 2 saturated carbocycles. The topological polar surface area (TPSA) is 69.3 Å². The molecule has 2 fully saturated rings. The third-order valence-corrected chi connectivity index (χ3v) is 9.39. The molecule has 0 saturated heterocycles. The molecule has 2 bridgehead atoms. The van der Waals surface area contributed by atoms with E-state index < -0.39 is 51.8 Å². The summed E-state index contributed by atoms with van der Waals surface area (Å²) in [7, 11) is -5.78. The Morgan fingerprint density at radius 2 is 1.83 bits per heavy atom. The summed E-state index contributed by atoms with van der Waals surface area (Å²) in [4.78, 5) is 8.72. The fourth-order valence-corrected chi connectivity index (χ4v) is 7.13. The predicted molar refractivity (Wildman–Crippen MR) is 114 cm³/mol. The standard InChI is InChI=1S/C22H24F6N4O2S/c23-21(24,25)16-1-2-18-15(7-16)10-31(35(33,34)22(26,27)28)12-19(20-5-3-14(8-20)4-6-20)32(18)11-17-9-29-13-30-17/h1-2,7,9,13-14,19H,3-6,8,10-12H2,(H,29,30). The van der Waals surface area contributed by atoms with Gasteiger partial charge in [-0.05, 0) is 67.2 Å². The highest BCUT2D eigenvalue weighted by Crippen LogP contribution is 2.58. The number of aromatic amines is 1. The molecule has 192 valence electrons. The average molecular weight is 523 g/mol. The molecule has 1 aliphatic heterocycles.